The predicted octanol–water partition coefficient (Wildman–Crippen LogP) is 0.690. The van der Waals surface area contributed by atoms with Crippen molar-refractivity contribution in [3.05, 3.63) is 11.2 Å². The fourth-order valence-electron chi connectivity index (χ4n) is 1.63. The number of nitrogens with one attached hydrogen (secondary N) is 1. The maximum absolute atomic E-state index is 12.1. The van der Waals surface area contributed by atoms with Gasteiger partial charge in [0.1, 0.15) is 5.54 Å². The van der Waals surface area contributed by atoms with Gasteiger partial charge in [-0.3, -0.25) is 4.79 Å². The van der Waals surface area contributed by atoms with E-state index in [0.717, 1.165) is 11.3 Å². The summed E-state index contributed by atoms with van der Waals surface area (Å²) in [4.78, 5) is 15.2. The Morgan fingerprint density at radius 1 is 1.61 bits per heavy atom. The molecule has 0 saturated carbocycles. The Labute approximate surface area is 113 Å². The zero-order valence-electron chi connectivity index (χ0n) is 9.54. The van der Waals surface area contributed by atoms with Gasteiger partial charge >= 0.3 is 5.97 Å². The topological polar surface area (TPSA) is 96.4 Å². The molecule has 1 fully saturated rings. The highest BCUT2D eigenvalue weighted by atomic mass is 32.2. The molecule has 1 aromatic heterocycles. The van der Waals surface area contributed by atoms with Crippen molar-refractivity contribution in [2.24, 2.45) is 0 Å². The van der Waals surface area contributed by atoms with Crippen molar-refractivity contribution >= 4 is 39.1 Å². The largest absolute Gasteiger partial charge is 0.480 e. The molecule has 6 nitrogen and oxygen atoms in total. The van der Waals surface area contributed by atoms with Gasteiger partial charge in [-0.2, -0.15) is 16.5 Å². The molecule has 2 heterocycles. The van der Waals surface area contributed by atoms with Crippen molar-refractivity contribution in [3.63, 3.8) is 0 Å². The second-order valence-corrected chi connectivity index (χ2v) is 8.24. The van der Waals surface area contributed by atoms with E-state index in [9.17, 15) is 18.3 Å². The van der Waals surface area contributed by atoms with Crippen LogP contribution < -0.4 is 4.72 Å². The predicted molar refractivity (Wildman–Crippen MR) is 69.5 cm³/mol. The Bertz CT molecular complexity index is 560. The fraction of sp³-hybridized carbons (Fsp3) is 0.556. The van der Waals surface area contributed by atoms with E-state index >= 15 is 0 Å². The SMILES string of the molecule is Cc1ncc(S(=O)(=O)NC2(C(=O)O)CCSC2)s1. The van der Waals surface area contributed by atoms with Crippen LogP contribution in [0, 0.1) is 6.92 Å². The van der Waals surface area contributed by atoms with Gasteiger partial charge in [-0.05, 0) is 19.1 Å². The molecule has 18 heavy (non-hydrogen) atoms. The quantitative estimate of drug-likeness (QED) is 0.849. The normalized spacial score (nSPS) is 24.3. The van der Waals surface area contributed by atoms with E-state index in [1.807, 2.05) is 0 Å². The number of thioether (sulfide) groups is 1. The highest BCUT2D eigenvalue weighted by Crippen LogP contribution is 2.30. The van der Waals surface area contributed by atoms with E-state index < -0.39 is 21.5 Å². The number of aryl methyl sites for hydroxylation is 1. The summed E-state index contributed by atoms with van der Waals surface area (Å²) in [5.74, 6) is -0.243. The van der Waals surface area contributed by atoms with Crippen LogP contribution in [0.5, 0.6) is 0 Å². The third-order valence-corrected chi connectivity index (χ3v) is 6.73. The zero-order chi connectivity index (χ0) is 13.4. The molecule has 1 aliphatic heterocycles. The first-order valence-electron chi connectivity index (χ1n) is 5.13. The molecular formula is C9H12N2O4S3. The molecule has 0 aliphatic carbocycles. The van der Waals surface area contributed by atoms with Crippen LogP contribution in [0.3, 0.4) is 0 Å². The number of hydrogen-bond donors (Lipinski definition) is 2. The Balaban J connectivity index is 2.29. The lowest BCUT2D eigenvalue weighted by atomic mass is 10.0. The second kappa shape index (κ2) is 4.80. The van der Waals surface area contributed by atoms with Gasteiger partial charge in [0.15, 0.2) is 4.21 Å². The van der Waals surface area contributed by atoms with Crippen LogP contribution in [-0.2, 0) is 14.8 Å². The lowest BCUT2D eigenvalue weighted by molar-refractivity contribution is -0.142. The Kier molecular flexibility index (Phi) is 3.67. The summed E-state index contributed by atoms with van der Waals surface area (Å²) in [7, 11) is -3.81. The zero-order valence-corrected chi connectivity index (χ0v) is 12.0. The lowest BCUT2D eigenvalue weighted by Gasteiger charge is -2.23. The second-order valence-electron chi connectivity index (χ2n) is 3.99. The van der Waals surface area contributed by atoms with Crippen molar-refractivity contribution in [2.45, 2.75) is 23.1 Å². The molecular weight excluding hydrogens is 296 g/mol. The van der Waals surface area contributed by atoms with Gasteiger partial charge in [-0.25, -0.2) is 13.4 Å². The first kappa shape index (κ1) is 13.8. The molecule has 0 spiro atoms. The summed E-state index contributed by atoms with van der Waals surface area (Å²) in [5.41, 5.74) is -1.39. The summed E-state index contributed by atoms with van der Waals surface area (Å²) >= 11 is 2.46. The maximum atomic E-state index is 12.1. The number of nitrogens with zero attached hydrogens (tertiary/aromatic N) is 1. The van der Waals surface area contributed by atoms with Gasteiger partial charge in [-0.1, -0.05) is 0 Å². The minimum Gasteiger partial charge on any atom is -0.480 e. The van der Waals surface area contributed by atoms with Crippen molar-refractivity contribution in [2.75, 3.05) is 11.5 Å². The number of hydrogen-bond acceptors (Lipinski definition) is 6. The van der Waals surface area contributed by atoms with Gasteiger partial charge in [-0.15, -0.1) is 11.3 Å². The number of carbonyl (C=O) groups is 1. The third-order valence-electron chi connectivity index (χ3n) is 2.63. The first-order valence-corrected chi connectivity index (χ1v) is 8.59. The van der Waals surface area contributed by atoms with E-state index in [0.29, 0.717) is 17.2 Å². The van der Waals surface area contributed by atoms with Crippen LogP contribution in [0.15, 0.2) is 10.4 Å². The van der Waals surface area contributed by atoms with Crippen molar-refractivity contribution in [3.8, 4) is 0 Å². The molecule has 1 unspecified atom stereocenters. The summed E-state index contributed by atoms with van der Waals surface area (Å²) in [6.07, 6.45) is 1.55. The highest BCUT2D eigenvalue weighted by Gasteiger charge is 2.45. The molecule has 9 heteroatoms. The molecule has 100 valence electrons. The maximum Gasteiger partial charge on any atom is 0.325 e. The summed E-state index contributed by atoms with van der Waals surface area (Å²) < 4.78 is 26.6. The number of aromatic nitrogens is 1. The minimum absolute atomic E-state index is 0.0533. The van der Waals surface area contributed by atoms with E-state index in [1.165, 1.54) is 18.0 Å². The van der Waals surface area contributed by atoms with Crippen LogP contribution in [0.25, 0.3) is 0 Å². The molecule has 1 saturated heterocycles. The molecule has 1 atom stereocenters. The van der Waals surface area contributed by atoms with Crippen LogP contribution in [0.4, 0.5) is 0 Å². The lowest BCUT2D eigenvalue weighted by Crippen LogP contribution is -2.54. The summed E-state index contributed by atoms with van der Waals surface area (Å²) in [6, 6.07) is 0. The highest BCUT2D eigenvalue weighted by molar-refractivity contribution is 7.99. The van der Waals surface area contributed by atoms with Gasteiger partial charge in [0.05, 0.1) is 11.2 Å². The molecule has 2 N–H and O–H groups in total. The fourth-order valence-corrected chi connectivity index (χ4v) is 5.54. The number of thiazole rings is 1. The van der Waals surface area contributed by atoms with E-state index in [1.54, 1.807) is 6.92 Å². The number of carboxylic acids is 1. The van der Waals surface area contributed by atoms with Crippen LogP contribution in [0.2, 0.25) is 0 Å². The first-order chi connectivity index (χ1) is 8.36. The standard InChI is InChI=1S/C9H12N2O4S3/c1-6-10-4-7(17-6)18(14,15)11-9(8(12)13)2-3-16-5-9/h4,11H,2-3,5H2,1H3,(H,12,13). The summed E-state index contributed by atoms with van der Waals surface area (Å²) in [6.45, 7) is 1.70. The summed E-state index contributed by atoms with van der Waals surface area (Å²) in [5, 5.41) is 9.85. The number of rotatable bonds is 4. The average Bonchev–Trinajstić information content (AvgIpc) is 2.87. The monoisotopic (exact) mass is 308 g/mol. The van der Waals surface area contributed by atoms with E-state index in [2.05, 4.69) is 9.71 Å². The van der Waals surface area contributed by atoms with Crippen molar-refractivity contribution < 1.29 is 18.3 Å². The van der Waals surface area contributed by atoms with Crippen LogP contribution >= 0.6 is 23.1 Å². The van der Waals surface area contributed by atoms with Gasteiger partial charge in [0.2, 0.25) is 0 Å². The Morgan fingerprint density at radius 3 is 2.78 bits per heavy atom. The average molecular weight is 308 g/mol. The van der Waals surface area contributed by atoms with Crippen LogP contribution in [-0.4, -0.2) is 41.5 Å². The molecule has 1 aliphatic rings. The number of aliphatic carboxylic acids is 1. The molecule has 0 bridgehead atoms. The number of carboxylic acid groups (broad SMARTS) is 1. The molecule has 0 aromatic carbocycles. The van der Waals surface area contributed by atoms with Gasteiger partial charge < -0.3 is 5.11 Å². The number of sulfonamides is 1. The van der Waals surface area contributed by atoms with Crippen LogP contribution in [0.1, 0.15) is 11.4 Å². The Morgan fingerprint density at radius 2 is 2.33 bits per heavy atom. The van der Waals surface area contributed by atoms with E-state index in [-0.39, 0.29) is 9.96 Å². The molecule has 1 aromatic rings. The molecule has 0 radical (unpaired) electrons. The smallest absolute Gasteiger partial charge is 0.325 e. The minimum atomic E-state index is -3.81. The van der Waals surface area contributed by atoms with Crippen molar-refractivity contribution in [1.82, 2.24) is 9.71 Å². The third kappa shape index (κ3) is 2.53. The van der Waals surface area contributed by atoms with Crippen molar-refractivity contribution in [1.29, 1.82) is 0 Å². The Hall–Kier alpha value is -0.640. The van der Waals surface area contributed by atoms with Gasteiger partial charge in [0, 0.05) is 5.75 Å². The molecule has 2 rings (SSSR count). The van der Waals surface area contributed by atoms with Gasteiger partial charge in [0.25, 0.3) is 10.0 Å². The molecule has 0 amide bonds. The van der Waals surface area contributed by atoms with E-state index in [4.69, 9.17) is 0 Å².